The largest absolute Gasteiger partial charge is 0.480 e. The molecule has 5 heteroatoms. The van der Waals surface area contributed by atoms with Crippen LogP contribution in [0.5, 0.6) is 0 Å². The lowest BCUT2D eigenvalue weighted by atomic mass is 9.97. The number of benzene rings is 1. The monoisotopic (exact) mass is 327 g/mol. The zero-order valence-corrected chi connectivity index (χ0v) is 14.0. The van der Waals surface area contributed by atoms with Gasteiger partial charge in [-0.05, 0) is 50.8 Å². The maximum Gasteiger partial charge on any atom is 0.323 e. The summed E-state index contributed by atoms with van der Waals surface area (Å²) in [6, 6.07) is 8.03. The van der Waals surface area contributed by atoms with E-state index in [0.29, 0.717) is 18.1 Å². The highest BCUT2D eigenvalue weighted by molar-refractivity contribution is 7.99. The molecule has 0 amide bonds. The number of carbonyl (C=O) groups is 1. The van der Waals surface area contributed by atoms with Crippen LogP contribution < -0.4 is 5.32 Å². The molecular formula is C16H22ClNO2S. The van der Waals surface area contributed by atoms with E-state index in [2.05, 4.69) is 5.32 Å². The summed E-state index contributed by atoms with van der Waals surface area (Å²) in [6.07, 6.45) is 2.35. The van der Waals surface area contributed by atoms with Gasteiger partial charge in [-0.3, -0.25) is 10.1 Å². The molecule has 2 rings (SSSR count). The van der Waals surface area contributed by atoms with Gasteiger partial charge in [0.2, 0.25) is 0 Å². The molecule has 1 aromatic rings. The van der Waals surface area contributed by atoms with Gasteiger partial charge in [-0.15, -0.1) is 0 Å². The van der Waals surface area contributed by atoms with Crippen LogP contribution in [0.2, 0.25) is 5.02 Å². The quantitative estimate of drug-likeness (QED) is 0.830. The molecule has 0 aromatic heterocycles. The third-order valence-electron chi connectivity index (χ3n) is 3.84. The second-order valence-corrected chi connectivity index (χ2v) is 7.71. The first-order chi connectivity index (χ1) is 9.91. The van der Waals surface area contributed by atoms with Crippen LogP contribution in [-0.4, -0.2) is 27.9 Å². The molecule has 116 valence electrons. The van der Waals surface area contributed by atoms with Crippen LogP contribution in [0.25, 0.3) is 0 Å². The van der Waals surface area contributed by atoms with Gasteiger partial charge in [0.25, 0.3) is 0 Å². The number of hydrogen-bond acceptors (Lipinski definition) is 3. The van der Waals surface area contributed by atoms with Gasteiger partial charge in [0, 0.05) is 22.1 Å². The number of rotatable bonds is 6. The SMILES string of the molecule is CC(C)NC1(C(=O)O)CCC(SCc2ccc(Cl)cc2)C1. The molecule has 3 nitrogen and oxygen atoms in total. The van der Waals surface area contributed by atoms with Crippen LogP contribution in [0.4, 0.5) is 0 Å². The number of hydrogen-bond donors (Lipinski definition) is 2. The minimum absolute atomic E-state index is 0.182. The molecule has 2 atom stereocenters. The minimum Gasteiger partial charge on any atom is -0.480 e. The Kier molecular flexibility index (Phi) is 5.58. The summed E-state index contributed by atoms with van der Waals surface area (Å²) in [5, 5.41) is 14.0. The van der Waals surface area contributed by atoms with Gasteiger partial charge in [0.15, 0.2) is 0 Å². The molecule has 1 aliphatic carbocycles. The number of thioether (sulfide) groups is 1. The van der Waals surface area contributed by atoms with Crippen molar-refractivity contribution in [3.63, 3.8) is 0 Å². The van der Waals surface area contributed by atoms with Gasteiger partial charge in [0.1, 0.15) is 5.54 Å². The molecule has 0 saturated heterocycles. The maximum atomic E-state index is 11.6. The van der Waals surface area contributed by atoms with Crippen LogP contribution in [0, 0.1) is 0 Å². The van der Waals surface area contributed by atoms with Crippen molar-refractivity contribution >= 4 is 29.3 Å². The van der Waals surface area contributed by atoms with Gasteiger partial charge in [0.05, 0.1) is 0 Å². The molecule has 1 aliphatic rings. The summed E-state index contributed by atoms with van der Waals surface area (Å²) >= 11 is 7.72. The van der Waals surface area contributed by atoms with Gasteiger partial charge in [-0.2, -0.15) is 11.8 Å². The normalized spacial score (nSPS) is 25.4. The second kappa shape index (κ2) is 7.03. The summed E-state index contributed by atoms with van der Waals surface area (Å²) in [5.41, 5.74) is 0.486. The zero-order chi connectivity index (χ0) is 15.5. The van der Waals surface area contributed by atoms with E-state index in [4.69, 9.17) is 11.6 Å². The summed E-state index contributed by atoms with van der Waals surface area (Å²) in [7, 11) is 0. The van der Waals surface area contributed by atoms with Gasteiger partial charge >= 0.3 is 5.97 Å². The maximum absolute atomic E-state index is 11.6. The molecule has 0 heterocycles. The van der Waals surface area contributed by atoms with E-state index in [0.717, 1.165) is 17.2 Å². The molecule has 0 spiro atoms. The Morgan fingerprint density at radius 2 is 2.14 bits per heavy atom. The Morgan fingerprint density at radius 3 is 2.71 bits per heavy atom. The van der Waals surface area contributed by atoms with Crippen molar-refractivity contribution in [1.29, 1.82) is 0 Å². The van der Waals surface area contributed by atoms with Gasteiger partial charge < -0.3 is 5.11 Å². The average molecular weight is 328 g/mol. The zero-order valence-electron chi connectivity index (χ0n) is 12.4. The summed E-state index contributed by atoms with van der Waals surface area (Å²) < 4.78 is 0. The lowest BCUT2D eigenvalue weighted by Crippen LogP contribution is -2.53. The van der Waals surface area contributed by atoms with Crippen molar-refractivity contribution in [2.24, 2.45) is 0 Å². The number of aliphatic carboxylic acids is 1. The topological polar surface area (TPSA) is 49.3 Å². The van der Waals surface area contributed by atoms with E-state index in [1.807, 2.05) is 49.9 Å². The minimum atomic E-state index is -0.744. The first-order valence-corrected chi connectivity index (χ1v) is 8.71. The van der Waals surface area contributed by atoms with Crippen molar-refractivity contribution in [1.82, 2.24) is 5.32 Å². The standard InChI is InChI=1S/C16H22ClNO2S/c1-11(2)18-16(15(19)20)8-7-14(9-16)21-10-12-3-5-13(17)6-4-12/h3-6,11,14,18H,7-10H2,1-2H3,(H,19,20). The number of nitrogens with one attached hydrogen (secondary N) is 1. The number of carboxylic acids is 1. The first-order valence-electron chi connectivity index (χ1n) is 7.28. The lowest BCUT2D eigenvalue weighted by molar-refractivity contribution is -0.145. The van der Waals surface area contributed by atoms with E-state index in [1.165, 1.54) is 5.56 Å². The van der Waals surface area contributed by atoms with E-state index in [9.17, 15) is 9.90 Å². The number of halogens is 1. The van der Waals surface area contributed by atoms with Crippen molar-refractivity contribution in [2.45, 2.75) is 55.7 Å². The Labute approximate surface area is 135 Å². The third-order valence-corrected chi connectivity index (χ3v) is 5.47. The van der Waals surface area contributed by atoms with Crippen LogP contribution in [0.15, 0.2) is 24.3 Å². The molecule has 1 aromatic carbocycles. The van der Waals surface area contributed by atoms with Crippen molar-refractivity contribution in [3.8, 4) is 0 Å². The third kappa shape index (κ3) is 4.38. The van der Waals surface area contributed by atoms with Crippen molar-refractivity contribution in [3.05, 3.63) is 34.9 Å². The summed E-state index contributed by atoms with van der Waals surface area (Å²) in [5.74, 6) is 0.185. The van der Waals surface area contributed by atoms with Gasteiger partial charge in [-0.25, -0.2) is 0 Å². The second-order valence-electron chi connectivity index (χ2n) is 5.99. The van der Waals surface area contributed by atoms with Crippen molar-refractivity contribution < 1.29 is 9.90 Å². The fourth-order valence-electron chi connectivity index (χ4n) is 2.88. The first kappa shape index (κ1) is 16.7. The molecular weight excluding hydrogens is 306 g/mol. The van der Waals surface area contributed by atoms with Crippen LogP contribution in [0.1, 0.15) is 38.7 Å². The molecule has 2 N–H and O–H groups in total. The fourth-order valence-corrected chi connectivity index (χ4v) is 4.31. The fraction of sp³-hybridized carbons (Fsp3) is 0.562. The number of carboxylic acid groups (broad SMARTS) is 1. The van der Waals surface area contributed by atoms with E-state index >= 15 is 0 Å². The van der Waals surface area contributed by atoms with Crippen LogP contribution in [-0.2, 0) is 10.5 Å². The van der Waals surface area contributed by atoms with E-state index < -0.39 is 11.5 Å². The molecule has 0 aliphatic heterocycles. The Balaban J connectivity index is 1.91. The van der Waals surface area contributed by atoms with Crippen LogP contribution >= 0.6 is 23.4 Å². The van der Waals surface area contributed by atoms with Crippen LogP contribution in [0.3, 0.4) is 0 Å². The van der Waals surface area contributed by atoms with E-state index in [1.54, 1.807) is 0 Å². The highest BCUT2D eigenvalue weighted by Crippen LogP contribution is 2.39. The van der Waals surface area contributed by atoms with E-state index in [-0.39, 0.29) is 6.04 Å². The lowest BCUT2D eigenvalue weighted by Gasteiger charge is -2.28. The summed E-state index contributed by atoms with van der Waals surface area (Å²) in [6.45, 7) is 4.00. The summed E-state index contributed by atoms with van der Waals surface area (Å²) in [4.78, 5) is 11.6. The molecule has 21 heavy (non-hydrogen) atoms. The highest BCUT2D eigenvalue weighted by atomic mass is 35.5. The predicted octanol–water partition coefficient (Wildman–Crippen LogP) is 3.95. The predicted molar refractivity (Wildman–Crippen MR) is 89.0 cm³/mol. The van der Waals surface area contributed by atoms with Gasteiger partial charge in [-0.1, -0.05) is 23.7 Å². The molecule has 0 radical (unpaired) electrons. The molecule has 1 saturated carbocycles. The Bertz CT molecular complexity index is 492. The van der Waals surface area contributed by atoms with Crippen molar-refractivity contribution in [2.75, 3.05) is 0 Å². The molecule has 1 fully saturated rings. The Hall–Kier alpha value is -0.710. The smallest absolute Gasteiger partial charge is 0.323 e. The highest BCUT2D eigenvalue weighted by Gasteiger charge is 2.45. The molecule has 0 bridgehead atoms. The Morgan fingerprint density at radius 1 is 1.48 bits per heavy atom. The average Bonchev–Trinajstić information content (AvgIpc) is 2.82. The molecule has 2 unspecified atom stereocenters.